The molecule has 0 spiro atoms. The molecule has 8 nitrogen and oxygen atoms in total. The van der Waals surface area contributed by atoms with Crippen molar-refractivity contribution >= 4 is 19.9 Å². The highest BCUT2D eigenvalue weighted by Gasteiger charge is 2.48. The Morgan fingerprint density at radius 3 is 2.17 bits per heavy atom. The van der Waals surface area contributed by atoms with Gasteiger partial charge in [-0.15, -0.1) is 0 Å². The van der Waals surface area contributed by atoms with Crippen molar-refractivity contribution in [2.24, 2.45) is 0 Å². The number of aliphatic hydroxyl groups excluding tert-OH is 1. The van der Waals surface area contributed by atoms with Gasteiger partial charge >= 0.3 is 0 Å². The van der Waals surface area contributed by atoms with Gasteiger partial charge in [0.2, 0.25) is 0 Å². The Kier molecular flexibility index (Phi) is 8.46. The summed E-state index contributed by atoms with van der Waals surface area (Å²) in [4.78, 5) is 26.9. The van der Waals surface area contributed by atoms with Crippen molar-refractivity contribution in [1.29, 1.82) is 0 Å². The number of nitrogens with zero attached hydrogens (tertiary/aromatic N) is 2. The van der Waals surface area contributed by atoms with Crippen LogP contribution >= 0.6 is 0 Å². The number of nitro benzene ring substituents is 1. The van der Waals surface area contributed by atoms with E-state index in [9.17, 15) is 20.0 Å². The summed E-state index contributed by atoms with van der Waals surface area (Å²) in [6, 6.07) is 10.0. The summed E-state index contributed by atoms with van der Waals surface area (Å²) in [7, 11) is -0.967. The summed E-state index contributed by atoms with van der Waals surface area (Å²) in [6.07, 6.45) is 0.482. The van der Waals surface area contributed by atoms with Crippen LogP contribution in [0.2, 0.25) is 16.6 Å². The highest BCUT2D eigenvalue weighted by molar-refractivity contribution is 6.78. The zero-order valence-corrected chi connectivity index (χ0v) is 23.3. The Hall–Kier alpha value is -2.91. The fourth-order valence-corrected chi connectivity index (χ4v) is 11.0. The second kappa shape index (κ2) is 11.0. The van der Waals surface area contributed by atoms with Gasteiger partial charge in [0.25, 0.3) is 19.9 Å². The van der Waals surface area contributed by atoms with E-state index in [0.29, 0.717) is 17.9 Å². The van der Waals surface area contributed by atoms with Gasteiger partial charge in [-0.05, 0) is 34.2 Å². The third-order valence-electron chi connectivity index (χ3n) is 7.53. The molecule has 36 heavy (non-hydrogen) atoms. The molecule has 1 N–H and O–H groups in total. The van der Waals surface area contributed by atoms with E-state index in [-0.39, 0.29) is 41.0 Å². The monoisotopic (exact) mass is 514 g/mol. The molecule has 0 fully saturated rings. The topological polar surface area (TPSA) is 102 Å². The first-order chi connectivity index (χ1) is 17.0. The van der Waals surface area contributed by atoms with Crippen LogP contribution in [0.1, 0.15) is 63.0 Å². The standard InChI is InChI=1S/C27H38N2O6Si/c1-17(2)36(18(3)4,19(5)6)35-26-14-24(29(32)33)23(13-25(26)34-7)27(31)28-15-21-11-9-8-10-20(21)12-22(28)16-30/h8-11,13-14,17-19,22,30H,12,15-16H2,1-7H3/t22-/m0/s1. The summed E-state index contributed by atoms with van der Waals surface area (Å²) in [5, 5.41) is 22.2. The molecular weight excluding hydrogens is 476 g/mol. The molecule has 0 saturated heterocycles. The number of ether oxygens (including phenoxy) is 1. The van der Waals surface area contributed by atoms with Crippen LogP contribution in [-0.2, 0) is 13.0 Å². The van der Waals surface area contributed by atoms with Crippen LogP contribution in [0.15, 0.2) is 36.4 Å². The molecular formula is C27H38N2O6Si. The van der Waals surface area contributed by atoms with E-state index in [1.165, 1.54) is 24.1 Å². The SMILES string of the molecule is COc1cc(C(=O)N2Cc3ccccc3C[C@H]2CO)c([N+](=O)[O-])cc1O[Si](C(C)C)(C(C)C)C(C)C. The van der Waals surface area contributed by atoms with E-state index < -0.39 is 25.2 Å². The van der Waals surface area contributed by atoms with Crippen LogP contribution in [-0.4, -0.2) is 48.9 Å². The van der Waals surface area contributed by atoms with Crippen molar-refractivity contribution in [3.63, 3.8) is 0 Å². The zero-order valence-electron chi connectivity index (χ0n) is 22.3. The van der Waals surface area contributed by atoms with Gasteiger partial charge in [0.15, 0.2) is 11.5 Å². The van der Waals surface area contributed by atoms with E-state index >= 15 is 0 Å². The van der Waals surface area contributed by atoms with Crippen LogP contribution in [0.3, 0.4) is 0 Å². The summed E-state index contributed by atoms with van der Waals surface area (Å²) in [6.45, 7) is 12.8. The van der Waals surface area contributed by atoms with Gasteiger partial charge in [0, 0.05) is 12.6 Å². The molecule has 1 aliphatic heterocycles. The van der Waals surface area contributed by atoms with Crippen LogP contribution in [0.5, 0.6) is 11.5 Å². The minimum Gasteiger partial charge on any atom is -0.540 e. The van der Waals surface area contributed by atoms with Crippen molar-refractivity contribution in [1.82, 2.24) is 4.90 Å². The number of hydrogen-bond donors (Lipinski definition) is 1. The molecule has 2 aromatic carbocycles. The first-order valence-electron chi connectivity index (χ1n) is 12.5. The fraction of sp³-hybridized carbons (Fsp3) is 0.519. The molecule has 0 bridgehead atoms. The van der Waals surface area contributed by atoms with E-state index in [1.807, 2.05) is 24.3 Å². The van der Waals surface area contributed by atoms with E-state index in [2.05, 4.69) is 41.5 Å². The number of benzene rings is 2. The van der Waals surface area contributed by atoms with Crippen LogP contribution in [0.4, 0.5) is 5.69 Å². The predicted molar refractivity (Wildman–Crippen MR) is 142 cm³/mol. The number of nitro groups is 1. The number of carbonyl (C=O) groups is 1. The van der Waals surface area contributed by atoms with Gasteiger partial charge in [-0.3, -0.25) is 14.9 Å². The first-order valence-corrected chi connectivity index (χ1v) is 14.7. The minimum absolute atomic E-state index is 0.0760. The molecule has 0 aromatic heterocycles. The molecule has 2 aromatic rings. The number of aliphatic hydroxyl groups is 1. The molecule has 0 unspecified atom stereocenters. The average molecular weight is 515 g/mol. The summed E-state index contributed by atoms with van der Waals surface area (Å²) >= 11 is 0. The molecule has 0 aliphatic carbocycles. The summed E-state index contributed by atoms with van der Waals surface area (Å²) in [5.74, 6) is 0.0761. The third-order valence-corrected chi connectivity index (χ3v) is 13.5. The molecule has 1 aliphatic rings. The van der Waals surface area contributed by atoms with Crippen LogP contribution in [0.25, 0.3) is 0 Å². The normalized spacial score (nSPS) is 15.9. The highest BCUT2D eigenvalue weighted by Crippen LogP contribution is 2.46. The quantitative estimate of drug-likeness (QED) is 0.261. The summed E-state index contributed by atoms with van der Waals surface area (Å²) in [5.41, 5.74) is 2.38. The number of rotatable bonds is 9. The Labute approximate surface area is 214 Å². The number of hydrogen-bond acceptors (Lipinski definition) is 6. The van der Waals surface area contributed by atoms with Gasteiger partial charge in [0.1, 0.15) is 5.56 Å². The lowest BCUT2D eigenvalue weighted by atomic mass is 9.93. The maximum atomic E-state index is 13.7. The number of amides is 1. The molecule has 9 heteroatoms. The van der Waals surface area contributed by atoms with Crippen LogP contribution in [0, 0.1) is 10.1 Å². The third kappa shape index (κ3) is 4.99. The smallest absolute Gasteiger partial charge is 0.286 e. The molecule has 3 rings (SSSR count). The first kappa shape index (κ1) is 27.7. The molecule has 0 saturated carbocycles. The second-order valence-electron chi connectivity index (χ2n) is 10.4. The second-order valence-corrected chi connectivity index (χ2v) is 15.8. The van der Waals surface area contributed by atoms with E-state index in [0.717, 1.165) is 11.1 Å². The molecule has 1 atom stereocenters. The van der Waals surface area contributed by atoms with Gasteiger partial charge in [0.05, 0.1) is 30.7 Å². The van der Waals surface area contributed by atoms with Crippen molar-refractivity contribution in [3.8, 4) is 11.5 Å². The largest absolute Gasteiger partial charge is 0.540 e. The Morgan fingerprint density at radius 2 is 1.67 bits per heavy atom. The predicted octanol–water partition coefficient (Wildman–Crippen LogP) is 5.72. The van der Waals surface area contributed by atoms with Crippen molar-refractivity contribution in [2.75, 3.05) is 13.7 Å². The van der Waals surface area contributed by atoms with Crippen molar-refractivity contribution < 1.29 is 24.0 Å². The fourth-order valence-electron chi connectivity index (χ4n) is 5.80. The van der Waals surface area contributed by atoms with Crippen molar-refractivity contribution in [3.05, 3.63) is 63.2 Å². The summed E-state index contributed by atoms with van der Waals surface area (Å²) < 4.78 is 12.3. The number of fused-ring (bicyclic) bond motifs is 1. The van der Waals surface area contributed by atoms with Gasteiger partial charge in [-0.2, -0.15) is 0 Å². The van der Waals surface area contributed by atoms with E-state index in [1.54, 1.807) is 0 Å². The average Bonchev–Trinajstić information content (AvgIpc) is 2.84. The van der Waals surface area contributed by atoms with Gasteiger partial charge in [-0.25, -0.2) is 0 Å². The lowest BCUT2D eigenvalue weighted by molar-refractivity contribution is -0.385. The number of carbonyl (C=O) groups excluding carboxylic acids is 1. The molecule has 196 valence electrons. The minimum atomic E-state index is -2.44. The highest BCUT2D eigenvalue weighted by atomic mass is 28.4. The van der Waals surface area contributed by atoms with Gasteiger partial charge in [-0.1, -0.05) is 65.8 Å². The Balaban J connectivity index is 2.10. The molecule has 0 radical (unpaired) electrons. The maximum absolute atomic E-state index is 13.7. The molecule has 1 amide bonds. The Bertz CT molecular complexity index is 1100. The van der Waals surface area contributed by atoms with E-state index in [4.69, 9.17) is 9.16 Å². The van der Waals surface area contributed by atoms with Gasteiger partial charge < -0.3 is 19.2 Å². The lowest BCUT2D eigenvalue weighted by Gasteiger charge is -2.42. The van der Waals surface area contributed by atoms with Crippen molar-refractivity contribution in [2.45, 2.75) is 77.2 Å². The Morgan fingerprint density at radius 1 is 1.08 bits per heavy atom. The van der Waals surface area contributed by atoms with Crippen LogP contribution < -0.4 is 9.16 Å². The molecule has 1 heterocycles. The number of methoxy groups -OCH3 is 1. The zero-order chi connectivity index (χ0) is 26.8. The lowest BCUT2D eigenvalue weighted by Crippen LogP contribution is -2.50. The maximum Gasteiger partial charge on any atom is 0.286 e.